The molecular weight excluding hydrogens is 144 g/mol. The largest absolute Gasteiger partial charge is 0.515 e. The number of hydrogen-bond donors (Lipinski definition) is 2. The van der Waals surface area contributed by atoms with E-state index in [1.165, 1.54) is 0 Å². The van der Waals surface area contributed by atoms with E-state index in [1.807, 2.05) is 0 Å². The van der Waals surface area contributed by atoms with Gasteiger partial charge in [0, 0.05) is 12.0 Å². The molecule has 0 saturated heterocycles. The van der Waals surface area contributed by atoms with Crippen molar-refractivity contribution in [2.24, 2.45) is 0 Å². The predicted molar refractivity (Wildman–Crippen MR) is 35.5 cm³/mol. The molecular formula is C5H9ClO3. The highest BCUT2D eigenvalue weighted by molar-refractivity contribution is 6.25. The third-order valence-electron chi connectivity index (χ3n) is 0.359. The van der Waals surface area contributed by atoms with Crippen LogP contribution in [0.3, 0.4) is 0 Å². The molecule has 4 heteroatoms. The minimum absolute atomic E-state index is 0.222. The van der Waals surface area contributed by atoms with E-state index in [2.05, 4.69) is 0 Å². The lowest BCUT2D eigenvalue weighted by molar-refractivity contribution is -0.136. The maximum Gasteiger partial charge on any atom is 0.303 e. The van der Waals surface area contributed by atoms with Crippen LogP contribution in [0.5, 0.6) is 0 Å². The van der Waals surface area contributed by atoms with Gasteiger partial charge in [-0.1, -0.05) is 18.5 Å². The van der Waals surface area contributed by atoms with Gasteiger partial charge in [0.15, 0.2) is 0 Å². The average Bonchev–Trinajstić information content (AvgIpc) is 1.89. The lowest BCUT2D eigenvalue weighted by atomic mass is 10.5. The maximum absolute atomic E-state index is 9.37. The summed E-state index contributed by atoms with van der Waals surface area (Å²) in [5.41, 5.74) is 1.03. The number of aliphatic hydroxyl groups is 1. The van der Waals surface area contributed by atoms with Gasteiger partial charge in [-0.25, -0.2) is 0 Å². The summed E-state index contributed by atoms with van der Waals surface area (Å²) in [6, 6.07) is 0. The zero-order valence-electron chi connectivity index (χ0n) is 5.04. The van der Waals surface area contributed by atoms with Crippen molar-refractivity contribution >= 4 is 17.6 Å². The number of halogens is 1. The predicted octanol–water partition coefficient (Wildman–Crippen LogP) is 1.74. The Bertz CT molecular complexity index is 86.2. The van der Waals surface area contributed by atoms with Gasteiger partial charge in [-0.2, -0.15) is 0 Å². The quantitative estimate of drug-likeness (QED) is 0.563. The molecule has 0 radical (unpaired) electrons. The molecule has 0 saturated carbocycles. The molecule has 0 amide bonds. The first kappa shape index (κ1) is 11.1. The Morgan fingerprint density at radius 1 is 1.78 bits per heavy atom. The summed E-state index contributed by atoms with van der Waals surface area (Å²) < 4.78 is 0. The van der Waals surface area contributed by atoms with Crippen LogP contribution in [0.25, 0.3) is 0 Å². The maximum atomic E-state index is 9.37. The SMILES string of the molecule is CCC(=O)O.OC=CCl. The number of carboxylic acids is 1. The Balaban J connectivity index is 0. The second kappa shape index (κ2) is 10.3. The molecule has 0 aliphatic heterocycles. The third-order valence-corrected chi connectivity index (χ3v) is 0.471. The van der Waals surface area contributed by atoms with Crippen LogP contribution in [0.1, 0.15) is 13.3 Å². The summed E-state index contributed by atoms with van der Waals surface area (Å²) in [5, 5.41) is 15.3. The van der Waals surface area contributed by atoms with Crippen molar-refractivity contribution in [1.82, 2.24) is 0 Å². The first-order valence-electron chi connectivity index (χ1n) is 2.30. The van der Waals surface area contributed by atoms with Crippen molar-refractivity contribution in [3.8, 4) is 0 Å². The number of aliphatic hydroxyl groups excluding tert-OH is 1. The normalized spacial score (nSPS) is 8.22. The van der Waals surface area contributed by atoms with E-state index in [1.54, 1.807) is 6.92 Å². The van der Waals surface area contributed by atoms with E-state index in [0.717, 1.165) is 11.8 Å². The molecule has 0 aliphatic carbocycles. The van der Waals surface area contributed by atoms with Gasteiger partial charge in [-0.3, -0.25) is 4.79 Å². The molecule has 0 spiro atoms. The van der Waals surface area contributed by atoms with Crippen LogP contribution in [-0.4, -0.2) is 16.2 Å². The Morgan fingerprint density at radius 2 is 2.00 bits per heavy atom. The van der Waals surface area contributed by atoms with Crippen molar-refractivity contribution in [2.45, 2.75) is 13.3 Å². The molecule has 0 heterocycles. The van der Waals surface area contributed by atoms with Crippen molar-refractivity contribution in [3.63, 3.8) is 0 Å². The Hall–Kier alpha value is -0.700. The van der Waals surface area contributed by atoms with Crippen molar-refractivity contribution in [1.29, 1.82) is 0 Å². The molecule has 9 heavy (non-hydrogen) atoms. The van der Waals surface area contributed by atoms with E-state index in [-0.39, 0.29) is 6.42 Å². The second-order valence-electron chi connectivity index (χ2n) is 1.02. The van der Waals surface area contributed by atoms with Gasteiger partial charge >= 0.3 is 5.97 Å². The van der Waals surface area contributed by atoms with Gasteiger partial charge < -0.3 is 10.2 Å². The molecule has 0 aromatic rings. The van der Waals surface area contributed by atoms with Crippen LogP contribution in [0.4, 0.5) is 0 Å². The molecule has 3 nitrogen and oxygen atoms in total. The summed E-state index contributed by atoms with van der Waals surface area (Å²) in [7, 11) is 0. The monoisotopic (exact) mass is 152 g/mol. The van der Waals surface area contributed by atoms with Crippen LogP contribution >= 0.6 is 11.6 Å². The zero-order valence-corrected chi connectivity index (χ0v) is 5.80. The lowest BCUT2D eigenvalue weighted by Gasteiger charge is -1.71. The summed E-state index contributed by atoms with van der Waals surface area (Å²) in [5.74, 6) is -0.745. The van der Waals surface area contributed by atoms with Gasteiger partial charge in [-0.15, -0.1) is 0 Å². The summed E-state index contributed by atoms with van der Waals surface area (Å²) in [6.45, 7) is 1.60. The molecule has 0 aliphatic rings. The number of carbonyl (C=O) groups is 1. The van der Waals surface area contributed by atoms with E-state index < -0.39 is 5.97 Å². The van der Waals surface area contributed by atoms with Crippen LogP contribution in [0.2, 0.25) is 0 Å². The van der Waals surface area contributed by atoms with Crippen LogP contribution in [0, 0.1) is 0 Å². The fourth-order valence-electron chi connectivity index (χ4n) is 0. The Kier molecular flexibility index (Phi) is 12.8. The van der Waals surface area contributed by atoms with E-state index >= 15 is 0 Å². The van der Waals surface area contributed by atoms with Crippen LogP contribution < -0.4 is 0 Å². The number of aliphatic carboxylic acids is 1. The molecule has 54 valence electrons. The minimum Gasteiger partial charge on any atom is -0.515 e. The van der Waals surface area contributed by atoms with Crippen LogP contribution in [0.15, 0.2) is 11.8 Å². The molecule has 0 unspecified atom stereocenters. The fourth-order valence-corrected chi connectivity index (χ4v) is 0. The second-order valence-corrected chi connectivity index (χ2v) is 1.27. The summed E-state index contributed by atoms with van der Waals surface area (Å²) in [4.78, 5) is 9.37. The molecule has 0 aromatic heterocycles. The summed E-state index contributed by atoms with van der Waals surface area (Å²) >= 11 is 4.76. The Morgan fingerprint density at radius 3 is 2.00 bits per heavy atom. The first-order chi connectivity index (χ1) is 4.18. The smallest absolute Gasteiger partial charge is 0.303 e. The highest BCUT2D eigenvalue weighted by Gasteiger charge is 1.80. The highest BCUT2D eigenvalue weighted by Crippen LogP contribution is 1.67. The topological polar surface area (TPSA) is 57.5 Å². The third kappa shape index (κ3) is 38.8. The minimum atomic E-state index is -0.745. The average molecular weight is 153 g/mol. The van der Waals surface area contributed by atoms with E-state index in [0.29, 0.717) is 0 Å². The Labute approximate surface area is 58.6 Å². The molecule has 0 aromatic carbocycles. The fraction of sp³-hybridized carbons (Fsp3) is 0.400. The summed E-state index contributed by atoms with van der Waals surface area (Å²) in [6.07, 6.45) is 0.988. The molecule has 2 N–H and O–H groups in total. The molecule has 0 fully saturated rings. The van der Waals surface area contributed by atoms with Gasteiger partial charge in [0.05, 0.1) is 6.26 Å². The van der Waals surface area contributed by atoms with Crippen molar-refractivity contribution in [3.05, 3.63) is 11.8 Å². The van der Waals surface area contributed by atoms with Crippen molar-refractivity contribution < 1.29 is 15.0 Å². The zero-order chi connectivity index (χ0) is 7.70. The number of rotatable bonds is 1. The lowest BCUT2D eigenvalue weighted by Crippen LogP contribution is -1.86. The first-order valence-corrected chi connectivity index (χ1v) is 2.73. The molecule has 0 atom stereocenters. The van der Waals surface area contributed by atoms with Gasteiger partial charge in [0.1, 0.15) is 0 Å². The highest BCUT2D eigenvalue weighted by atomic mass is 35.5. The van der Waals surface area contributed by atoms with Crippen molar-refractivity contribution in [2.75, 3.05) is 0 Å². The van der Waals surface area contributed by atoms with Gasteiger partial charge in [0.2, 0.25) is 0 Å². The van der Waals surface area contributed by atoms with Crippen LogP contribution in [-0.2, 0) is 4.79 Å². The van der Waals surface area contributed by atoms with E-state index in [4.69, 9.17) is 21.8 Å². The number of carboxylic acid groups (broad SMARTS) is 1. The van der Waals surface area contributed by atoms with Gasteiger partial charge in [0.25, 0.3) is 0 Å². The van der Waals surface area contributed by atoms with Gasteiger partial charge in [-0.05, 0) is 0 Å². The van der Waals surface area contributed by atoms with E-state index in [9.17, 15) is 4.79 Å². The standard InChI is InChI=1S/C3H6O2.C2H3ClO/c1-2-3(4)5;3-1-2-4/h2H2,1H3,(H,4,5);1-2,4H. The molecule has 0 rings (SSSR count). The molecule has 0 bridgehead atoms. The number of hydrogen-bond acceptors (Lipinski definition) is 2.